The standard InChI is InChI=1S/C23H31NO.C2H6/c1-5-6-14-25-15-8-10-20-9-7-11-21(17-20)19(3)22-16-18(2)12-13-23(22)24-4;1-2/h7,9,11-13,16-17,24H,3,5-6,8,10,14-15H2,1-2,4H3;1-2H3. The van der Waals surface area contributed by atoms with Crippen LogP contribution in [0.1, 0.15) is 62.3 Å². The van der Waals surface area contributed by atoms with Gasteiger partial charge in [-0.25, -0.2) is 0 Å². The second-order valence-corrected chi connectivity index (χ2v) is 6.55. The van der Waals surface area contributed by atoms with Gasteiger partial charge < -0.3 is 10.1 Å². The molecule has 0 amide bonds. The molecule has 0 bridgehead atoms. The van der Waals surface area contributed by atoms with Gasteiger partial charge in [-0.2, -0.15) is 0 Å². The zero-order valence-corrected chi connectivity index (χ0v) is 17.9. The predicted molar refractivity (Wildman–Crippen MR) is 121 cm³/mol. The fourth-order valence-corrected chi connectivity index (χ4v) is 2.92. The fourth-order valence-electron chi connectivity index (χ4n) is 2.92. The molecule has 27 heavy (non-hydrogen) atoms. The van der Waals surface area contributed by atoms with Gasteiger partial charge >= 0.3 is 0 Å². The number of rotatable bonds is 10. The average molecular weight is 368 g/mol. The Morgan fingerprint density at radius 1 is 1.04 bits per heavy atom. The zero-order valence-electron chi connectivity index (χ0n) is 17.9. The van der Waals surface area contributed by atoms with Gasteiger partial charge in [0.15, 0.2) is 0 Å². The highest BCUT2D eigenvalue weighted by Gasteiger charge is 2.08. The van der Waals surface area contributed by atoms with Crippen LogP contribution in [0.2, 0.25) is 0 Å². The molecule has 0 aliphatic heterocycles. The first-order chi connectivity index (χ1) is 13.2. The van der Waals surface area contributed by atoms with Gasteiger partial charge in [0.1, 0.15) is 0 Å². The number of hydrogen-bond donors (Lipinski definition) is 1. The number of unbranched alkanes of at least 4 members (excludes halogenated alkanes) is 1. The van der Waals surface area contributed by atoms with E-state index in [1.165, 1.54) is 28.7 Å². The second kappa shape index (κ2) is 13.2. The van der Waals surface area contributed by atoms with Crippen LogP contribution in [0.5, 0.6) is 0 Å². The Bertz CT molecular complexity index is 690. The Morgan fingerprint density at radius 2 is 1.78 bits per heavy atom. The first-order valence-corrected chi connectivity index (χ1v) is 10.3. The maximum absolute atomic E-state index is 5.66. The number of hydrogen-bond acceptors (Lipinski definition) is 2. The van der Waals surface area contributed by atoms with E-state index in [1.54, 1.807) is 0 Å². The van der Waals surface area contributed by atoms with E-state index in [0.717, 1.165) is 43.7 Å². The van der Waals surface area contributed by atoms with Gasteiger partial charge in [-0.15, -0.1) is 0 Å². The monoisotopic (exact) mass is 367 g/mol. The number of aryl methyl sites for hydroxylation is 2. The molecule has 2 aromatic rings. The van der Waals surface area contributed by atoms with E-state index in [-0.39, 0.29) is 0 Å². The molecule has 0 spiro atoms. The van der Waals surface area contributed by atoms with E-state index >= 15 is 0 Å². The fraction of sp³-hybridized carbons (Fsp3) is 0.440. The molecule has 0 aliphatic carbocycles. The molecule has 0 aliphatic rings. The molecule has 0 saturated carbocycles. The Hall–Kier alpha value is -2.06. The van der Waals surface area contributed by atoms with E-state index in [4.69, 9.17) is 4.74 Å². The minimum absolute atomic E-state index is 0.840. The van der Waals surface area contributed by atoms with Crippen molar-refractivity contribution in [1.82, 2.24) is 0 Å². The van der Waals surface area contributed by atoms with Crippen molar-refractivity contribution in [1.29, 1.82) is 0 Å². The number of anilines is 1. The largest absolute Gasteiger partial charge is 0.388 e. The Labute approximate surface area is 166 Å². The van der Waals surface area contributed by atoms with Gasteiger partial charge in [0.05, 0.1) is 0 Å². The van der Waals surface area contributed by atoms with Crippen molar-refractivity contribution in [2.75, 3.05) is 25.6 Å². The first-order valence-electron chi connectivity index (χ1n) is 10.3. The average Bonchev–Trinajstić information content (AvgIpc) is 2.71. The van der Waals surface area contributed by atoms with E-state index in [2.05, 4.69) is 68.2 Å². The summed E-state index contributed by atoms with van der Waals surface area (Å²) in [5.74, 6) is 0. The normalized spacial score (nSPS) is 10.1. The number of benzene rings is 2. The molecular weight excluding hydrogens is 330 g/mol. The summed E-state index contributed by atoms with van der Waals surface area (Å²) < 4.78 is 5.66. The van der Waals surface area contributed by atoms with Crippen LogP contribution in [0, 0.1) is 6.92 Å². The summed E-state index contributed by atoms with van der Waals surface area (Å²) in [4.78, 5) is 0. The third kappa shape index (κ3) is 7.60. The molecular formula is C25H37NO. The van der Waals surface area contributed by atoms with Crippen molar-refractivity contribution in [3.63, 3.8) is 0 Å². The molecule has 2 nitrogen and oxygen atoms in total. The quantitative estimate of drug-likeness (QED) is 0.462. The summed E-state index contributed by atoms with van der Waals surface area (Å²) in [7, 11) is 1.95. The molecule has 0 aromatic heterocycles. The van der Waals surface area contributed by atoms with Gasteiger partial charge in [0.25, 0.3) is 0 Å². The van der Waals surface area contributed by atoms with Gasteiger partial charge in [-0.1, -0.05) is 69.7 Å². The van der Waals surface area contributed by atoms with Crippen LogP contribution < -0.4 is 5.32 Å². The van der Waals surface area contributed by atoms with Gasteiger partial charge in [-0.3, -0.25) is 0 Å². The molecule has 1 N–H and O–H groups in total. The van der Waals surface area contributed by atoms with Crippen LogP contribution in [0.4, 0.5) is 5.69 Å². The van der Waals surface area contributed by atoms with E-state index in [0.29, 0.717) is 0 Å². The summed E-state index contributed by atoms with van der Waals surface area (Å²) in [6.45, 7) is 14.4. The van der Waals surface area contributed by atoms with Crippen LogP contribution in [0.25, 0.3) is 5.57 Å². The van der Waals surface area contributed by atoms with E-state index in [1.807, 2.05) is 20.9 Å². The minimum Gasteiger partial charge on any atom is -0.388 e. The lowest BCUT2D eigenvalue weighted by molar-refractivity contribution is 0.129. The summed E-state index contributed by atoms with van der Waals surface area (Å²) in [5.41, 5.74) is 7.13. The van der Waals surface area contributed by atoms with Crippen molar-refractivity contribution in [2.45, 2.75) is 53.4 Å². The highest BCUT2D eigenvalue weighted by molar-refractivity contribution is 5.85. The van der Waals surface area contributed by atoms with Crippen molar-refractivity contribution in [3.05, 3.63) is 71.3 Å². The van der Waals surface area contributed by atoms with Crippen molar-refractivity contribution >= 4 is 11.3 Å². The lowest BCUT2D eigenvalue weighted by atomic mass is 9.94. The molecule has 148 valence electrons. The predicted octanol–water partition coefficient (Wildman–Crippen LogP) is 6.87. The molecule has 2 aromatic carbocycles. The third-order valence-corrected chi connectivity index (χ3v) is 4.44. The Morgan fingerprint density at radius 3 is 2.48 bits per heavy atom. The van der Waals surface area contributed by atoms with Crippen LogP contribution in [0.3, 0.4) is 0 Å². The van der Waals surface area contributed by atoms with Crippen molar-refractivity contribution in [3.8, 4) is 0 Å². The van der Waals surface area contributed by atoms with Gasteiger partial charge in [0.2, 0.25) is 0 Å². The second-order valence-electron chi connectivity index (χ2n) is 6.55. The lowest BCUT2D eigenvalue weighted by Gasteiger charge is -2.14. The topological polar surface area (TPSA) is 21.3 Å². The van der Waals surface area contributed by atoms with Crippen LogP contribution >= 0.6 is 0 Å². The highest BCUT2D eigenvalue weighted by atomic mass is 16.5. The number of nitrogens with one attached hydrogen (secondary N) is 1. The summed E-state index contributed by atoms with van der Waals surface area (Å²) in [5, 5.41) is 3.27. The van der Waals surface area contributed by atoms with E-state index < -0.39 is 0 Å². The maximum Gasteiger partial charge on any atom is 0.0469 e. The molecule has 0 atom stereocenters. The van der Waals surface area contributed by atoms with Crippen LogP contribution in [-0.4, -0.2) is 20.3 Å². The van der Waals surface area contributed by atoms with Crippen LogP contribution in [0.15, 0.2) is 49.0 Å². The summed E-state index contributed by atoms with van der Waals surface area (Å²) >= 11 is 0. The molecule has 0 fully saturated rings. The zero-order chi connectivity index (χ0) is 20.1. The molecule has 0 heterocycles. The summed E-state index contributed by atoms with van der Waals surface area (Å²) in [6.07, 6.45) is 4.45. The number of ether oxygens (including phenoxy) is 1. The lowest BCUT2D eigenvalue weighted by Crippen LogP contribution is -1.99. The van der Waals surface area contributed by atoms with Crippen LogP contribution in [-0.2, 0) is 11.2 Å². The molecule has 0 saturated heterocycles. The first kappa shape index (κ1) is 23.0. The third-order valence-electron chi connectivity index (χ3n) is 4.44. The maximum atomic E-state index is 5.66. The Kier molecular flexibility index (Phi) is 11.2. The smallest absolute Gasteiger partial charge is 0.0469 e. The summed E-state index contributed by atoms with van der Waals surface area (Å²) in [6, 6.07) is 15.2. The SMILES string of the molecule is C=C(c1cccc(CCCOCCCC)c1)c1cc(C)ccc1NC.CC. The molecule has 2 rings (SSSR count). The Balaban J connectivity index is 0.00000176. The van der Waals surface area contributed by atoms with E-state index in [9.17, 15) is 0 Å². The van der Waals surface area contributed by atoms with Crippen molar-refractivity contribution < 1.29 is 4.74 Å². The van der Waals surface area contributed by atoms with Gasteiger partial charge in [0, 0.05) is 31.5 Å². The molecule has 0 unspecified atom stereocenters. The molecule has 2 heteroatoms. The minimum atomic E-state index is 0.840. The van der Waals surface area contributed by atoms with Gasteiger partial charge in [-0.05, 0) is 55.0 Å². The molecule has 0 radical (unpaired) electrons. The van der Waals surface area contributed by atoms with Crippen molar-refractivity contribution in [2.24, 2.45) is 0 Å². The highest BCUT2D eigenvalue weighted by Crippen LogP contribution is 2.29.